The Bertz CT molecular complexity index is 1360. The Labute approximate surface area is 236 Å². The fraction of sp³-hybridized carbons (Fsp3) is 0.324. The Kier molecular flexibility index (Phi) is 9.80. The number of benzene rings is 4. The van der Waals surface area contributed by atoms with E-state index in [1.165, 1.54) is 26.8 Å². The normalized spacial score (nSPS) is 17.2. The van der Waals surface area contributed by atoms with Crippen LogP contribution in [0.4, 0.5) is 4.79 Å². The van der Waals surface area contributed by atoms with Gasteiger partial charge in [-0.15, -0.1) is 0 Å². The van der Waals surface area contributed by atoms with Crippen LogP contribution >= 0.6 is 0 Å². The molecule has 6 nitrogen and oxygen atoms in total. The molecule has 2 unspecified atom stereocenters. The second-order valence-corrected chi connectivity index (χ2v) is 10.3. The van der Waals surface area contributed by atoms with E-state index in [1.54, 1.807) is 0 Å². The lowest BCUT2D eigenvalue weighted by molar-refractivity contribution is -0.0199. The van der Waals surface area contributed by atoms with Crippen molar-refractivity contribution in [2.45, 2.75) is 44.7 Å². The van der Waals surface area contributed by atoms with Gasteiger partial charge >= 0.3 is 6.09 Å². The number of piperidine rings is 1. The Hall–Kier alpha value is -3.71. The van der Waals surface area contributed by atoms with Crippen molar-refractivity contribution in [3.8, 4) is 0 Å². The molecule has 2 atom stereocenters. The van der Waals surface area contributed by atoms with E-state index in [4.69, 9.17) is 14.2 Å². The van der Waals surface area contributed by atoms with Gasteiger partial charge in [-0.3, -0.25) is 0 Å². The lowest BCUT2D eigenvalue weighted by atomic mass is 9.86. The van der Waals surface area contributed by atoms with Gasteiger partial charge in [-0.2, -0.15) is 0 Å². The SMILES string of the molecule is O=C(O)N1CCC(c2ccc(COCCCOCc3ccccc3)cc2)C(OCc2ccc3ccccc3c2)C1. The molecule has 208 valence electrons. The van der Waals surface area contributed by atoms with Gasteiger partial charge in [0.15, 0.2) is 0 Å². The number of nitrogens with zero attached hydrogens (tertiary/aromatic N) is 1. The zero-order valence-electron chi connectivity index (χ0n) is 22.8. The van der Waals surface area contributed by atoms with Crippen molar-refractivity contribution >= 4 is 16.9 Å². The fourth-order valence-electron chi connectivity index (χ4n) is 5.25. The fourth-order valence-corrected chi connectivity index (χ4v) is 5.25. The van der Waals surface area contributed by atoms with Crippen LogP contribution in [0.25, 0.3) is 10.8 Å². The Balaban J connectivity index is 1.11. The summed E-state index contributed by atoms with van der Waals surface area (Å²) in [5, 5.41) is 12.0. The van der Waals surface area contributed by atoms with E-state index in [2.05, 4.69) is 66.7 Å². The zero-order chi connectivity index (χ0) is 27.6. The van der Waals surface area contributed by atoms with Crippen molar-refractivity contribution in [3.05, 3.63) is 119 Å². The third kappa shape index (κ3) is 7.69. The number of amides is 1. The molecule has 0 radical (unpaired) electrons. The van der Waals surface area contributed by atoms with Crippen molar-refractivity contribution in [2.24, 2.45) is 0 Å². The Morgan fingerprint density at radius 2 is 1.40 bits per heavy atom. The molecule has 1 amide bonds. The molecular weight excluding hydrogens is 502 g/mol. The number of fused-ring (bicyclic) bond motifs is 1. The maximum Gasteiger partial charge on any atom is 0.407 e. The molecule has 1 N–H and O–H groups in total. The minimum Gasteiger partial charge on any atom is -0.465 e. The van der Waals surface area contributed by atoms with E-state index in [9.17, 15) is 9.90 Å². The molecule has 6 heteroatoms. The highest BCUT2D eigenvalue weighted by Gasteiger charge is 2.33. The van der Waals surface area contributed by atoms with Crippen molar-refractivity contribution in [1.82, 2.24) is 4.90 Å². The maximum atomic E-state index is 11.7. The highest BCUT2D eigenvalue weighted by atomic mass is 16.5. The molecule has 4 aromatic carbocycles. The second-order valence-electron chi connectivity index (χ2n) is 10.3. The summed E-state index contributed by atoms with van der Waals surface area (Å²) < 4.78 is 18.0. The monoisotopic (exact) mass is 539 g/mol. The van der Waals surface area contributed by atoms with Gasteiger partial charge in [-0.05, 0) is 51.9 Å². The summed E-state index contributed by atoms with van der Waals surface area (Å²) in [6.45, 7) is 3.82. The van der Waals surface area contributed by atoms with Gasteiger partial charge in [0.2, 0.25) is 0 Å². The van der Waals surface area contributed by atoms with Gasteiger partial charge in [0.05, 0.1) is 32.5 Å². The smallest absolute Gasteiger partial charge is 0.407 e. The van der Waals surface area contributed by atoms with Crippen LogP contribution in [0, 0.1) is 0 Å². The minimum atomic E-state index is -0.893. The minimum absolute atomic E-state index is 0.132. The highest BCUT2D eigenvalue weighted by molar-refractivity contribution is 5.82. The molecule has 1 heterocycles. The Morgan fingerprint density at radius 1 is 0.750 bits per heavy atom. The predicted molar refractivity (Wildman–Crippen MR) is 156 cm³/mol. The second kappa shape index (κ2) is 14.1. The number of likely N-dealkylation sites (tertiary alicyclic amines) is 1. The predicted octanol–water partition coefficient (Wildman–Crippen LogP) is 7.02. The molecule has 5 rings (SSSR count). The third-order valence-corrected chi connectivity index (χ3v) is 7.47. The lowest BCUT2D eigenvalue weighted by Gasteiger charge is -2.37. The van der Waals surface area contributed by atoms with Gasteiger partial charge in [-0.25, -0.2) is 4.79 Å². The van der Waals surface area contributed by atoms with Crippen LogP contribution in [0.3, 0.4) is 0 Å². The van der Waals surface area contributed by atoms with Crippen LogP contribution in [-0.2, 0) is 34.0 Å². The number of rotatable bonds is 12. The molecule has 0 aliphatic carbocycles. The van der Waals surface area contributed by atoms with Gasteiger partial charge in [0, 0.05) is 25.7 Å². The topological polar surface area (TPSA) is 68.2 Å². The molecule has 40 heavy (non-hydrogen) atoms. The average molecular weight is 540 g/mol. The van der Waals surface area contributed by atoms with E-state index in [0.29, 0.717) is 46.1 Å². The summed E-state index contributed by atoms with van der Waals surface area (Å²) in [6, 6.07) is 33.2. The molecule has 0 saturated carbocycles. The van der Waals surface area contributed by atoms with Gasteiger partial charge in [0.1, 0.15) is 0 Å². The van der Waals surface area contributed by atoms with E-state index in [1.807, 2.05) is 30.3 Å². The number of carboxylic acid groups (broad SMARTS) is 1. The van der Waals surface area contributed by atoms with Crippen LogP contribution in [0.1, 0.15) is 41.0 Å². The van der Waals surface area contributed by atoms with Crippen LogP contribution in [0.2, 0.25) is 0 Å². The number of hydrogen-bond donors (Lipinski definition) is 1. The zero-order valence-corrected chi connectivity index (χ0v) is 22.8. The first-order valence-electron chi connectivity index (χ1n) is 14.0. The summed E-state index contributed by atoms with van der Waals surface area (Å²) in [5.41, 5.74) is 4.55. The molecular formula is C34H37NO5. The lowest BCUT2D eigenvalue weighted by Crippen LogP contribution is -2.46. The van der Waals surface area contributed by atoms with Crippen molar-refractivity contribution in [3.63, 3.8) is 0 Å². The molecule has 0 spiro atoms. The van der Waals surface area contributed by atoms with Gasteiger partial charge in [-0.1, -0.05) is 91.0 Å². The van der Waals surface area contributed by atoms with E-state index >= 15 is 0 Å². The number of carbonyl (C=O) groups is 1. The molecule has 1 aliphatic heterocycles. The van der Waals surface area contributed by atoms with Gasteiger partial charge in [0.25, 0.3) is 0 Å². The Morgan fingerprint density at radius 3 is 2.12 bits per heavy atom. The summed E-state index contributed by atoms with van der Waals surface area (Å²) in [7, 11) is 0. The van der Waals surface area contributed by atoms with Crippen molar-refractivity contribution < 1.29 is 24.1 Å². The molecule has 1 saturated heterocycles. The van der Waals surface area contributed by atoms with Crippen LogP contribution in [-0.4, -0.2) is 48.5 Å². The summed E-state index contributed by atoms with van der Waals surface area (Å²) in [6.07, 6.45) is 0.474. The first-order chi connectivity index (χ1) is 19.7. The first-order valence-corrected chi connectivity index (χ1v) is 14.0. The summed E-state index contributed by atoms with van der Waals surface area (Å²) in [5.74, 6) is 0.132. The largest absolute Gasteiger partial charge is 0.465 e. The molecule has 4 aromatic rings. The number of ether oxygens (including phenoxy) is 3. The molecule has 0 aromatic heterocycles. The van der Waals surface area contributed by atoms with Crippen LogP contribution in [0.15, 0.2) is 97.1 Å². The standard InChI is InChI=1S/C34H37NO5/c36-34(37)35-18-17-32(33(22-35)40-25-28-13-14-29-9-4-5-10-31(29)21-28)30-15-11-27(12-16-30)24-39-20-6-19-38-23-26-7-2-1-3-8-26/h1-5,7-16,21,32-33H,6,17-20,22-25H2,(H,36,37). The first kappa shape index (κ1) is 27.8. The van der Waals surface area contributed by atoms with Crippen LogP contribution in [0.5, 0.6) is 0 Å². The van der Waals surface area contributed by atoms with Gasteiger partial charge < -0.3 is 24.2 Å². The molecule has 0 bridgehead atoms. The van der Waals surface area contributed by atoms with Crippen molar-refractivity contribution in [2.75, 3.05) is 26.3 Å². The van der Waals surface area contributed by atoms with E-state index in [0.717, 1.165) is 24.0 Å². The third-order valence-electron chi connectivity index (χ3n) is 7.47. The highest BCUT2D eigenvalue weighted by Crippen LogP contribution is 2.32. The van der Waals surface area contributed by atoms with Crippen LogP contribution < -0.4 is 0 Å². The number of hydrogen-bond acceptors (Lipinski definition) is 4. The van der Waals surface area contributed by atoms with Crippen molar-refractivity contribution in [1.29, 1.82) is 0 Å². The molecule has 1 aliphatic rings. The quantitative estimate of drug-likeness (QED) is 0.196. The summed E-state index contributed by atoms with van der Waals surface area (Å²) >= 11 is 0. The molecule has 1 fully saturated rings. The summed E-state index contributed by atoms with van der Waals surface area (Å²) in [4.78, 5) is 13.2. The van der Waals surface area contributed by atoms with E-state index < -0.39 is 6.09 Å². The average Bonchev–Trinajstić information content (AvgIpc) is 3.00. The maximum absolute atomic E-state index is 11.7. The van der Waals surface area contributed by atoms with E-state index in [-0.39, 0.29) is 12.0 Å².